The first-order valence-electron chi connectivity index (χ1n) is 4.43. The summed E-state index contributed by atoms with van der Waals surface area (Å²) in [5.74, 6) is -2.50. The highest BCUT2D eigenvalue weighted by atomic mass is 16.4. The lowest BCUT2D eigenvalue weighted by molar-refractivity contribution is -0.147. The van der Waals surface area contributed by atoms with Crippen molar-refractivity contribution in [2.75, 3.05) is 0 Å². The van der Waals surface area contributed by atoms with Crippen molar-refractivity contribution in [1.29, 1.82) is 0 Å². The first-order valence-corrected chi connectivity index (χ1v) is 4.43. The second-order valence-corrected chi connectivity index (χ2v) is 2.89. The zero-order valence-corrected chi connectivity index (χ0v) is 8.71. The van der Waals surface area contributed by atoms with Crippen LogP contribution in [0.15, 0.2) is 30.3 Å². The van der Waals surface area contributed by atoms with Crippen LogP contribution in [0.25, 0.3) is 0 Å². The maximum absolute atomic E-state index is 10.6. The molecule has 1 aromatic carbocycles. The van der Waals surface area contributed by atoms with E-state index in [1.54, 1.807) is 6.92 Å². The summed E-state index contributed by atoms with van der Waals surface area (Å²) in [4.78, 5) is 29.5. The lowest BCUT2D eigenvalue weighted by Crippen LogP contribution is -2.03. The van der Waals surface area contributed by atoms with Crippen LogP contribution in [0, 0.1) is 0 Å². The fraction of sp³-hybridized carbons (Fsp3) is 0.182. The third-order valence-electron chi connectivity index (χ3n) is 1.48. The summed E-state index contributed by atoms with van der Waals surface area (Å²) in [6, 6.07) is 9.23. The SMILES string of the molecule is CC(=O)c1ccccc1.O=C(O)CC(=O)O. The minimum absolute atomic E-state index is 0.121. The predicted octanol–water partition coefficient (Wildman–Crippen LogP) is 1.43. The first kappa shape index (κ1) is 13.8. The lowest BCUT2D eigenvalue weighted by atomic mass is 10.2. The largest absolute Gasteiger partial charge is 0.481 e. The van der Waals surface area contributed by atoms with Crippen LogP contribution in [-0.2, 0) is 9.59 Å². The molecule has 0 fully saturated rings. The van der Waals surface area contributed by atoms with Crippen LogP contribution in [0.4, 0.5) is 0 Å². The van der Waals surface area contributed by atoms with Crippen LogP contribution in [-0.4, -0.2) is 27.9 Å². The van der Waals surface area contributed by atoms with E-state index in [2.05, 4.69) is 0 Å². The molecule has 0 aliphatic carbocycles. The number of rotatable bonds is 3. The molecule has 0 saturated carbocycles. The highest BCUT2D eigenvalue weighted by Crippen LogP contribution is 1.97. The molecule has 0 unspecified atom stereocenters. The molecular formula is C11H12O5. The summed E-state index contributed by atoms with van der Waals surface area (Å²) in [5, 5.41) is 15.4. The molecule has 1 rings (SSSR count). The van der Waals surface area contributed by atoms with Gasteiger partial charge in [0.15, 0.2) is 5.78 Å². The molecule has 16 heavy (non-hydrogen) atoms. The number of Topliss-reactive ketones (excluding diaryl/α,β-unsaturated/α-hetero) is 1. The van der Waals surface area contributed by atoms with Crippen molar-refractivity contribution in [3.63, 3.8) is 0 Å². The molecule has 86 valence electrons. The van der Waals surface area contributed by atoms with E-state index in [0.717, 1.165) is 5.56 Å². The molecule has 5 nitrogen and oxygen atoms in total. The lowest BCUT2D eigenvalue weighted by Gasteiger charge is -1.89. The van der Waals surface area contributed by atoms with Gasteiger partial charge in [-0.15, -0.1) is 0 Å². The third kappa shape index (κ3) is 7.25. The summed E-state index contributed by atoms with van der Waals surface area (Å²) in [6.07, 6.45) is -0.806. The van der Waals surface area contributed by atoms with Crippen molar-refractivity contribution in [2.45, 2.75) is 13.3 Å². The second kappa shape index (κ2) is 7.17. The molecule has 0 aliphatic heterocycles. The Bertz CT molecular complexity index is 357. The van der Waals surface area contributed by atoms with Crippen LogP contribution in [0.2, 0.25) is 0 Å². The van der Waals surface area contributed by atoms with Crippen molar-refractivity contribution in [2.24, 2.45) is 0 Å². The number of carboxylic acids is 2. The minimum atomic E-state index is -1.31. The molecule has 0 radical (unpaired) electrons. The average Bonchev–Trinajstić information content (AvgIpc) is 2.17. The van der Waals surface area contributed by atoms with Gasteiger partial charge < -0.3 is 10.2 Å². The molecule has 0 heterocycles. The summed E-state index contributed by atoms with van der Waals surface area (Å²) >= 11 is 0. The van der Waals surface area contributed by atoms with Gasteiger partial charge in [-0.3, -0.25) is 14.4 Å². The number of hydrogen-bond donors (Lipinski definition) is 2. The maximum Gasteiger partial charge on any atom is 0.314 e. The summed E-state index contributed by atoms with van der Waals surface area (Å²) in [7, 11) is 0. The predicted molar refractivity (Wildman–Crippen MR) is 56.3 cm³/mol. The number of carboxylic acid groups (broad SMARTS) is 2. The molecule has 0 atom stereocenters. The Balaban J connectivity index is 0.000000293. The highest BCUT2D eigenvalue weighted by Gasteiger charge is 2.01. The van der Waals surface area contributed by atoms with E-state index in [1.807, 2.05) is 30.3 Å². The molecule has 0 aromatic heterocycles. The zero-order chi connectivity index (χ0) is 12.6. The van der Waals surface area contributed by atoms with Crippen molar-refractivity contribution in [1.82, 2.24) is 0 Å². The Labute approximate surface area is 92.3 Å². The van der Waals surface area contributed by atoms with Gasteiger partial charge in [0.1, 0.15) is 6.42 Å². The maximum atomic E-state index is 10.6. The number of carbonyl (C=O) groups is 3. The van der Waals surface area contributed by atoms with Crippen LogP contribution in [0.3, 0.4) is 0 Å². The molecule has 0 spiro atoms. The molecule has 0 aliphatic rings. The van der Waals surface area contributed by atoms with Crippen LogP contribution < -0.4 is 0 Å². The van der Waals surface area contributed by atoms with Gasteiger partial charge in [0, 0.05) is 5.56 Å². The highest BCUT2D eigenvalue weighted by molar-refractivity contribution is 5.93. The molecule has 1 aromatic rings. The van der Waals surface area contributed by atoms with E-state index in [4.69, 9.17) is 10.2 Å². The van der Waals surface area contributed by atoms with E-state index in [0.29, 0.717) is 0 Å². The minimum Gasteiger partial charge on any atom is -0.481 e. The van der Waals surface area contributed by atoms with Gasteiger partial charge >= 0.3 is 11.9 Å². The Hall–Kier alpha value is -2.17. The second-order valence-electron chi connectivity index (χ2n) is 2.89. The standard InChI is InChI=1S/C8H8O.C3H4O4/c1-7(9)8-5-3-2-4-6-8;4-2(5)1-3(6)7/h2-6H,1H3;1H2,(H,4,5)(H,6,7). The summed E-state index contributed by atoms with van der Waals surface area (Å²) < 4.78 is 0. The summed E-state index contributed by atoms with van der Waals surface area (Å²) in [6.45, 7) is 1.56. The van der Waals surface area contributed by atoms with Crippen LogP contribution in [0.1, 0.15) is 23.7 Å². The smallest absolute Gasteiger partial charge is 0.314 e. The zero-order valence-electron chi connectivity index (χ0n) is 8.71. The van der Waals surface area contributed by atoms with Crippen molar-refractivity contribution in [3.8, 4) is 0 Å². The fourth-order valence-electron chi connectivity index (χ4n) is 0.802. The summed E-state index contributed by atoms with van der Waals surface area (Å²) in [5.41, 5.74) is 0.775. The van der Waals surface area contributed by atoms with Gasteiger partial charge in [0.05, 0.1) is 0 Å². The number of aliphatic carboxylic acids is 2. The number of benzene rings is 1. The average molecular weight is 224 g/mol. The van der Waals surface area contributed by atoms with Gasteiger partial charge in [-0.1, -0.05) is 30.3 Å². The molecule has 2 N–H and O–H groups in total. The Morgan fingerprint density at radius 2 is 1.44 bits per heavy atom. The molecule has 0 amide bonds. The monoisotopic (exact) mass is 224 g/mol. The first-order chi connectivity index (χ1) is 7.43. The van der Waals surface area contributed by atoms with Gasteiger partial charge in [-0.2, -0.15) is 0 Å². The molecular weight excluding hydrogens is 212 g/mol. The normalized spacial score (nSPS) is 8.56. The Kier molecular flexibility index (Phi) is 6.19. The van der Waals surface area contributed by atoms with E-state index in [-0.39, 0.29) is 5.78 Å². The van der Waals surface area contributed by atoms with Gasteiger partial charge in [-0.25, -0.2) is 0 Å². The number of carbonyl (C=O) groups excluding carboxylic acids is 1. The number of hydrogen-bond acceptors (Lipinski definition) is 3. The van der Waals surface area contributed by atoms with Gasteiger partial charge in [-0.05, 0) is 6.92 Å². The quantitative estimate of drug-likeness (QED) is 0.598. The van der Waals surface area contributed by atoms with Gasteiger partial charge in [0.25, 0.3) is 0 Å². The molecule has 0 bridgehead atoms. The fourth-order valence-corrected chi connectivity index (χ4v) is 0.802. The number of ketones is 1. The van der Waals surface area contributed by atoms with Crippen LogP contribution in [0.5, 0.6) is 0 Å². The van der Waals surface area contributed by atoms with Gasteiger partial charge in [0.2, 0.25) is 0 Å². The van der Waals surface area contributed by atoms with E-state index >= 15 is 0 Å². The van der Waals surface area contributed by atoms with E-state index in [1.165, 1.54) is 0 Å². The topological polar surface area (TPSA) is 91.7 Å². The molecule has 5 heteroatoms. The van der Waals surface area contributed by atoms with E-state index in [9.17, 15) is 14.4 Å². The Morgan fingerprint density at radius 1 is 1.00 bits per heavy atom. The third-order valence-corrected chi connectivity index (χ3v) is 1.48. The van der Waals surface area contributed by atoms with Crippen molar-refractivity contribution in [3.05, 3.63) is 35.9 Å². The molecule has 0 saturated heterocycles. The van der Waals surface area contributed by atoms with Crippen molar-refractivity contribution >= 4 is 17.7 Å². The van der Waals surface area contributed by atoms with Crippen LogP contribution >= 0.6 is 0 Å². The van der Waals surface area contributed by atoms with Crippen molar-refractivity contribution < 1.29 is 24.6 Å². The van der Waals surface area contributed by atoms with E-state index < -0.39 is 18.4 Å². The Morgan fingerprint density at radius 3 is 1.62 bits per heavy atom.